The second kappa shape index (κ2) is 8.06. The highest BCUT2D eigenvalue weighted by Crippen LogP contribution is 2.30. The third kappa shape index (κ3) is 3.73. The van der Waals surface area contributed by atoms with Gasteiger partial charge in [-0.25, -0.2) is 23.7 Å². The first kappa shape index (κ1) is 19.6. The molecular formula is C22H18FN7O2. The molecule has 0 spiro atoms. The minimum Gasteiger partial charge on any atom is -0.464 e. The Morgan fingerprint density at radius 3 is 2.81 bits per heavy atom. The van der Waals surface area contributed by atoms with Crippen LogP contribution >= 0.6 is 0 Å². The average Bonchev–Trinajstić information content (AvgIpc) is 3.52. The lowest BCUT2D eigenvalue weighted by molar-refractivity contribution is -0.116. The number of furan rings is 1. The summed E-state index contributed by atoms with van der Waals surface area (Å²) in [6.45, 7) is 2.00. The summed E-state index contributed by atoms with van der Waals surface area (Å²) in [7, 11) is 0. The van der Waals surface area contributed by atoms with Crippen LogP contribution in [0.5, 0.6) is 0 Å². The van der Waals surface area contributed by atoms with Gasteiger partial charge in [-0.05, 0) is 31.2 Å². The van der Waals surface area contributed by atoms with Crippen molar-refractivity contribution in [1.82, 2.24) is 29.5 Å². The smallest absolute Gasteiger partial charge is 0.248 e. The Morgan fingerprint density at radius 2 is 2.00 bits per heavy atom. The topological polar surface area (TPSA) is 104 Å². The van der Waals surface area contributed by atoms with E-state index in [0.717, 1.165) is 16.6 Å². The molecule has 32 heavy (non-hydrogen) atoms. The number of hydrogen-bond acceptors (Lipinski definition) is 6. The number of rotatable bonds is 6. The maximum absolute atomic E-state index is 13.8. The number of hydrogen-bond donors (Lipinski definition) is 1. The summed E-state index contributed by atoms with van der Waals surface area (Å²) < 4.78 is 22.3. The molecule has 0 aliphatic heterocycles. The summed E-state index contributed by atoms with van der Waals surface area (Å²) in [5.74, 6) is 0.150. The van der Waals surface area contributed by atoms with E-state index in [1.165, 1.54) is 21.8 Å². The normalized spacial score (nSPS) is 11.2. The highest BCUT2D eigenvalue weighted by Gasteiger charge is 2.17. The van der Waals surface area contributed by atoms with Gasteiger partial charge in [0, 0.05) is 17.3 Å². The molecule has 0 unspecified atom stereocenters. The lowest BCUT2D eigenvalue weighted by atomic mass is 10.1. The van der Waals surface area contributed by atoms with Crippen molar-refractivity contribution in [1.29, 1.82) is 0 Å². The van der Waals surface area contributed by atoms with Crippen molar-refractivity contribution in [2.45, 2.75) is 20.0 Å². The zero-order valence-electron chi connectivity index (χ0n) is 17.1. The maximum Gasteiger partial charge on any atom is 0.248 e. The zero-order chi connectivity index (χ0) is 22.1. The summed E-state index contributed by atoms with van der Waals surface area (Å²) in [6.07, 6.45) is 4.70. The first-order valence-electron chi connectivity index (χ1n) is 9.87. The highest BCUT2D eigenvalue weighted by atomic mass is 19.1. The number of aromatic nitrogens is 6. The number of amides is 1. The van der Waals surface area contributed by atoms with E-state index in [-0.39, 0.29) is 30.8 Å². The fourth-order valence-corrected chi connectivity index (χ4v) is 3.56. The molecular weight excluding hydrogens is 413 g/mol. The van der Waals surface area contributed by atoms with Crippen molar-refractivity contribution < 1.29 is 13.6 Å². The van der Waals surface area contributed by atoms with Crippen LogP contribution in [0, 0.1) is 12.7 Å². The maximum atomic E-state index is 13.8. The van der Waals surface area contributed by atoms with E-state index >= 15 is 0 Å². The van der Waals surface area contributed by atoms with Gasteiger partial charge >= 0.3 is 0 Å². The molecule has 5 rings (SSSR count). The number of halogens is 1. The lowest BCUT2D eigenvalue weighted by Gasteiger charge is -2.04. The molecule has 0 saturated carbocycles. The van der Waals surface area contributed by atoms with Gasteiger partial charge in [-0.1, -0.05) is 18.2 Å². The SMILES string of the molecule is Cc1nn(CC(=O)Nc2ncn(Cc3ccccc3F)n2)c2nccc(-c3ccco3)c12. The van der Waals surface area contributed by atoms with Gasteiger partial charge in [0.15, 0.2) is 5.65 Å². The van der Waals surface area contributed by atoms with Gasteiger partial charge in [-0.15, -0.1) is 5.10 Å². The fraction of sp³-hybridized carbons (Fsp3) is 0.136. The van der Waals surface area contributed by atoms with E-state index in [1.54, 1.807) is 30.7 Å². The molecule has 0 radical (unpaired) electrons. The van der Waals surface area contributed by atoms with E-state index in [1.807, 2.05) is 25.1 Å². The molecule has 0 fully saturated rings. The lowest BCUT2D eigenvalue weighted by Crippen LogP contribution is -2.20. The molecule has 0 bridgehead atoms. The summed E-state index contributed by atoms with van der Waals surface area (Å²) in [4.78, 5) is 21.1. The number of benzene rings is 1. The van der Waals surface area contributed by atoms with E-state index in [9.17, 15) is 9.18 Å². The second-order valence-electron chi connectivity index (χ2n) is 7.18. The molecule has 0 aliphatic carbocycles. The Morgan fingerprint density at radius 1 is 1.12 bits per heavy atom. The van der Waals surface area contributed by atoms with Gasteiger partial charge in [-0.2, -0.15) is 5.10 Å². The number of aryl methyl sites for hydroxylation is 1. The molecule has 1 amide bonds. The van der Waals surface area contributed by atoms with Gasteiger partial charge in [0.25, 0.3) is 0 Å². The van der Waals surface area contributed by atoms with Crippen molar-refractivity contribution in [2.24, 2.45) is 0 Å². The monoisotopic (exact) mass is 431 g/mol. The van der Waals surface area contributed by atoms with Crippen LogP contribution < -0.4 is 5.32 Å². The van der Waals surface area contributed by atoms with Gasteiger partial charge < -0.3 is 4.42 Å². The van der Waals surface area contributed by atoms with Crippen LogP contribution in [0.4, 0.5) is 10.3 Å². The number of carbonyl (C=O) groups excluding carboxylic acids is 1. The number of carbonyl (C=O) groups is 1. The molecule has 1 aromatic carbocycles. The summed E-state index contributed by atoms with van der Waals surface area (Å²) in [5, 5.41) is 12.1. The van der Waals surface area contributed by atoms with Crippen molar-refractivity contribution in [3.8, 4) is 11.3 Å². The molecule has 4 aromatic heterocycles. The van der Waals surface area contributed by atoms with Gasteiger partial charge in [0.2, 0.25) is 11.9 Å². The predicted octanol–water partition coefficient (Wildman–Crippen LogP) is 3.42. The van der Waals surface area contributed by atoms with E-state index in [2.05, 4.69) is 25.5 Å². The number of anilines is 1. The molecule has 1 N–H and O–H groups in total. The van der Waals surface area contributed by atoms with E-state index in [4.69, 9.17) is 4.42 Å². The quantitative estimate of drug-likeness (QED) is 0.442. The van der Waals surface area contributed by atoms with Crippen LogP contribution in [-0.4, -0.2) is 35.4 Å². The van der Waals surface area contributed by atoms with E-state index < -0.39 is 0 Å². The van der Waals surface area contributed by atoms with Gasteiger partial charge in [0.05, 0.1) is 23.9 Å². The van der Waals surface area contributed by atoms with Crippen LogP contribution in [0.15, 0.2) is 65.7 Å². The van der Waals surface area contributed by atoms with Crippen molar-refractivity contribution >= 4 is 22.9 Å². The minimum atomic E-state index is -0.358. The number of nitrogens with zero attached hydrogens (tertiary/aromatic N) is 6. The minimum absolute atomic E-state index is 0.0686. The summed E-state index contributed by atoms with van der Waals surface area (Å²) in [5.41, 5.74) is 2.65. The van der Waals surface area contributed by atoms with Gasteiger partial charge in [-0.3, -0.25) is 10.1 Å². The molecule has 9 nitrogen and oxygen atoms in total. The van der Waals surface area contributed by atoms with Crippen molar-refractivity contribution in [2.75, 3.05) is 5.32 Å². The van der Waals surface area contributed by atoms with Crippen LogP contribution in [0.1, 0.15) is 11.3 Å². The third-order valence-corrected chi connectivity index (χ3v) is 4.97. The molecule has 4 heterocycles. The Kier molecular flexibility index (Phi) is 4.94. The Bertz CT molecular complexity index is 1410. The molecule has 0 saturated heterocycles. The Balaban J connectivity index is 1.32. The van der Waals surface area contributed by atoms with Crippen molar-refractivity contribution in [3.63, 3.8) is 0 Å². The van der Waals surface area contributed by atoms with Crippen LogP contribution in [-0.2, 0) is 17.9 Å². The first-order valence-corrected chi connectivity index (χ1v) is 9.87. The molecule has 160 valence electrons. The fourth-order valence-electron chi connectivity index (χ4n) is 3.56. The van der Waals surface area contributed by atoms with Crippen LogP contribution in [0.3, 0.4) is 0 Å². The summed E-state index contributed by atoms with van der Waals surface area (Å²) >= 11 is 0. The molecule has 10 heteroatoms. The Labute approximate surface area is 181 Å². The molecule has 5 aromatic rings. The van der Waals surface area contributed by atoms with Crippen molar-refractivity contribution in [3.05, 3.63) is 78.3 Å². The predicted molar refractivity (Wildman–Crippen MR) is 114 cm³/mol. The number of fused-ring (bicyclic) bond motifs is 1. The van der Waals surface area contributed by atoms with Crippen LogP contribution in [0.25, 0.3) is 22.4 Å². The van der Waals surface area contributed by atoms with E-state index in [0.29, 0.717) is 17.0 Å². The number of nitrogens with one attached hydrogen (secondary N) is 1. The first-order chi connectivity index (χ1) is 15.6. The van der Waals surface area contributed by atoms with Crippen LogP contribution in [0.2, 0.25) is 0 Å². The second-order valence-corrected chi connectivity index (χ2v) is 7.18. The molecule has 0 atom stereocenters. The molecule has 0 aliphatic rings. The van der Waals surface area contributed by atoms with Gasteiger partial charge in [0.1, 0.15) is 24.4 Å². The largest absolute Gasteiger partial charge is 0.464 e. The summed E-state index contributed by atoms with van der Waals surface area (Å²) in [6, 6.07) is 12.0. The third-order valence-electron chi connectivity index (χ3n) is 4.97. The Hall–Kier alpha value is -4.34. The number of pyridine rings is 1. The average molecular weight is 431 g/mol. The standard InChI is InChI=1S/C22H18FN7O2/c1-14-20-16(18-7-4-10-32-18)8-9-24-21(20)30(27-14)12-19(31)26-22-25-13-29(28-22)11-15-5-2-3-6-17(15)23/h2-10,13H,11-12H2,1H3,(H,26,28,31). The highest BCUT2D eigenvalue weighted by molar-refractivity contribution is 5.95. The zero-order valence-corrected chi connectivity index (χ0v) is 17.1.